The monoisotopic (exact) mass is 392 g/mol. The van der Waals surface area contributed by atoms with Gasteiger partial charge in [-0.05, 0) is 57.6 Å². The fraction of sp³-hybridized carbons (Fsp3) is 0.522. The quantitative estimate of drug-likeness (QED) is 0.512. The molecule has 0 N–H and O–H groups in total. The largest absolute Gasteiger partial charge is 0.378 e. The number of pyridine rings is 1. The Labute approximate surface area is 169 Å². The molecule has 2 atom stereocenters. The van der Waals surface area contributed by atoms with Gasteiger partial charge in [0.25, 0.3) is 0 Å². The summed E-state index contributed by atoms with van der Waals surface area (Å²) in [5.74, 6) is 1.33. The lowest BCUT2D eigenvalue weighted by Gasteiger charge is -2.32. The maximum Gasteiger partial charge on any atom is 0.188 e. The first-order valence-electron chi connectivity index (χ1n) is 10.6. The van der Waals surface area contributed by atoms with Crippen LogP contribution >= 0.6 is 0 Å². The fourth-order valence-corrected chi connectivity index (χ4v) is 5.03. The van der Waals surface area contributed by atoms with Crippen LogP contribution in [0.2, 0.25) is 0 Å². The van der Waals surface area contributed by atoms with Gasteiger partial charge in [0.05, 0.1) is 29.9 Å². The smallest absolute Gasteiger partial charge is 0.188 e. The average Bonchev–Trinajstić information content (AvgIpc) is 3.14. The predicted octanol–water partition coefficient (Wildman–Crippen LogP) is 5.87. The van der Waals surface area contributed by atoms with Crippen molar-refractivity contribution in [2.24, 2.45) is 0 Å². The number of alkyl halides is 1. The minimum absolute atomic E-state index is 0.201. The van der Waals surface area contributed by atoms with Crippen molar-refractivity contribution in [3.8, 4) is 0 Å². The number of ether oxygens (including phenoxy) is 1. The first-order valence-corrected chi connectivity index (χ1v) is 10.6. The molecule has 0 spiro atoms. The number of fused-ring (bicyclic) bond motifs is 3. The predicted molar refractivity (Wildman–Crippen MR) is 111 cm³/mol. The summed E-state index contributed by atoms with van der Waals surface area (Å²) >= 11 is 0. The Morgan fingerprint density at radius 3 is 2.76 bits per heavy atom. The Balaban J connectivity index is 1.74. The van der Waals surface area contributed by atoms with E-state index in [9.17, 15) is 4.39 Å². The van der Waals surface area contributed by atoms with Gasteiger partial charge in [0, 0.05) is 24.0 Å². The number of halogens is 1. The van der Waals surface area contributed by atoms with Gasteiger partial charge < -0.3 is 9.30 Å². The zero-order chi connectivity index (χ0) is 20.0. The van der Waals surface area contributed by atoms with Crippen molar-refractivity contribution < 1.29 is 9.13 Å². The highest BCUT2D eigenvalue weighted by atomic mass is 19.1. The average molecular weight is 392 g/mol. The van der Waals surface area contributed by atoms with Gasteiger partial charge in [-0.1, -0.05) is 6.07 Å². The van der Waals surface area contributed by atoms with Crippen LogP contribution in [-0.4, -0.2) is 33.4 Å². The van der Waals surface area contributed by atoms with Crippen molar-refractivity contribution in [3.63, 3.8) is 0 Å². The SMILES string of the molecule is [C-]#[N+]c1ccc2ncc3nc(C4CCC(F)CC4)n([C@@H]4CCO[C@H](C)C4)c3c2c1. The topological polar surface area (TPSA) is 44.3 Å². The molecule has 2 fully saturated rings. The molecule has 1 saturated carbocycles. The van der Waals surface area contributed by atoms with E-state index in [0.29, 0.717) is 24.6 Å². The summed E-state index contributed by atoms with van der Waals surface area (Å²) in [6.45, 7) is 10.3. The Bertz CT molecular complexity index is 1090. The van der Waals surface area contributed by atoms with Crippen molar-refractivity contribution in [2.45, 2.75) is 69.7 Å². The van der Waals surface area contributed by atoms with Crippen LogP contribution < -0.4 is 0 Å². The minimum atomic E-state index is -0.684. The number of hydrogen-bond acceptors (Lipinski definition) is 3. The zero-order valence-electron chi connectivity index (χ0n) is 16.6. The van der Waals surface area contributed by atoms with E-state index in [1.54, 1.807) is 0 Å². The van der Waals surface area contributed by atoms with Gasteiger partial charge >= 0.3 is 0 Å². The van der Waals surface area contributed by atoms with Crippen molar-refractivity contribution in [2.75, 3.05) is 6.61 Å². The van der Waals surface area contributed by atoms with E-state index >= 15 is 0 Å². The van der Waals surface area contributed by atoms with E-state index in [4.69, 9.17) is 16.3 Å². The lowest BCUT2D eigenvalue weighted by molar-refractivity contribution is 0.00591. The van der Waals surface area contributed by atoms with Crippen LogP contribution in [0.15, 0.2) is 24.4 Å². The van der Waals surface area contributed by atoms with Crippen LogP contribution in [0.4, 0.5) is 10.1 Å². The van der Waals surface area contributed by atoms with Crippen LogP contribution in [0.3, 0.4) is 0 Å². The molecule has 0 radical (unpaired) electrons. The third-order valence-electron chi connectivity index (χ3n) is 6.50. The van der Waals surface area contributed by atoms with Crippen molar-refractivity contribution in [1.82, 2.24) is 14.5 Å². The fourth-order valence-electron chi connectivity index (χ4n) is 5.03. The summed E-state index contributed by atoms with van der Waals surface area (Å²) < 4.78 is 22.0. The Morgan fingerprint density at radius 1 is 1.17 bits per heavy atom. The third-order valence-corrected chi connectivity index (χ3v) is 6.50. The Morgan fingerprint density at radius 2 is 2.00 bits per heavy atom. The molecule has 29 heavy (non-hydrogen) atoms. The molecule has 0 amide bonds. The van der Waals surface area contributed by atoms with Gasteiger partial charge in [-0.15, -0.1) is 0 Å². The third kappa shape index (κ3) is 3.28. The summed E-state index contributed by atoms with van der Waals surface area (Å²) in [6.07, 6.45) is 6.13. The molecule has 3 aromatic rings. The molecule has 1 saturated heterocycles. The van der Waals surface area contributed by atoms with Crippen molar-refractivity contribution in [3.05, 3.63) is 41.6 Å². The van der Waals surface area contributed by atoms with E-state index in [-0.39, 0.29) is 12.0 Å². The number of aromatic nitrogens is 3. The van der Waals surface area contributed by atoms with Gasteiger partial charge in [-0.3, -0.25) is 4.98 Å². The molecule has 6 heteroatoms. The van der Waals surface area contributed by atoms with Gasteiger partial charge in [0.15, 0.2) is 5.69 Å². The van der Waals surface area contributed by atoms with Gasteiger partial charge in [0.2, 0.25) is 0 Å². The number of benzene rings is 1. The molecule has 2 aliphatic rings. The normalized spacial score (nSPS) is 27.9. The Hall–Kier alpha value is -2.52. The highest BCUT2D eigenvalue weighted by Gasteiger charge is 2.31. The number of rotatable bonds is 2. The molecule has 5 rings (SSSR count). The lowest BCUT2D eigenvalue weighted by Crippen LogP contribution is -2.28. The molecular weight excluding hydrogens is 367 g/mol. The van der Waals surface area contributed by atoms with E-state index in [1.165, 1.54) is 0 Å². The molecular formula is C23H25FN4O. The Kier molecular flexibility index (Phi) is 4.71. The molecule has 1 aromatic carbocycles. The molecule has 2 aromatic heterocycles. The zero-order valence-corrected chi connectivity index (χ0v) is 16.6. The van der Waals surface area contributed by atoms with Crippen LogP contribution in [0.25, 0.3) is 26.8 Å². The summed E-state index contributed by atoms with van der Waals surface area (Å²) in [7, 11) is 0. The summed E-state index contributed by atoms with van der Waals surface area (Å²) in [5.41, 5.74) is 3.43. The van der Waals surface area contributed by atoms with Crippen molar-refractivity contribution >= 4 is 27.6 Å². The van der Waals surface area contributed by atoms with Crippen LogP contribution in [-0.2, 0) is 4.74 Å². The number of imidazole rings is 1. The molecule has 1 aliphatic heterocycles. The first kappa shape index (κ1) is 18.5. The lowest BCUT2D eigenvalue weighted by atomic mass is 9.87. The standard InChI is InChI=1S/C23H25FN4O/c1-14-11-18(9-10-29-14)28-22-19-12-17(25-2)7-8-20(19)26-13-21(22)27-23(28)15-3-5-16(24)6-4-15/h7-8,12-16,18H,3-6,9-11H2,1H3/t14-,15?,16?,18-/m1/s1. The van der Waals surface area contributed by atoms with E-state index < -0.39 is 6.17 Å². The first-order chi connectivity index (χ1) is 14.1. The van der Waals surface area contributed by atoms with Gasteiger partial charge in [-0.2, -0.15) is 0 Å². The molecule has 3 heterocycles. The minimum Gasteiger partial charge on any atom is -0.378 e. The maximum absolute atomic E-state index is 13.8. The van der Waals surface area contributed by atoms with E-state index in [0.717, 1.165) is 60.1 Å². The van der Waals surface area contributed by atoms with Crippen molar-refractivity contribution in [1.29, 1.82) is 0 Å². The number of nitrogens with zero attached hydrogens (tertiary/aromatic N) is 4. The highest BCUT2D eigenvalue weighted by Crippen LogP contribution is 2.40. The van der Waals surface area contributed by atoms with Gasteiger partial charge in [0.1, 0.15) is 17.5 Å². The van der Waals surface area contributed by atoms with Crippen LogP contribution in [0.1, 0.15) is 63.2 Å². The molecule has 150 valence electrons. The summed E-state index contributed by atoms with van der Waals surface area (Å²) in [5, 5.41) is 0.980. The van der Waals surface area contributed by atoms with E-state index in [1.807, 2.05) is 24.4 Å². The molecule has 1 aliphatic carbocycles. The summed E-state index contributed by atoms with van der Waals surface area (Å²) in [4.78, 5) is 13.2. The van der Waals surface area contributed by atoms with E-state index in [2.05, 4.69) is 21.3 Å². The van der Waals surface area contributed by atoms with Crippen LogP contribution in [0, 0.1) is 6.57 Å². The molecule has 5 nitrogen and oxygen atoms in total. The second-order valence-corrected chi connectivity index (χ2v) is 8.45. The second-order valence-electron chi connectivity index (χ2n) is 8.45. The number of hydrogen-bond donors (Lipinski definition) is 0. The van der Waals surface area contributed by atoms with Gasteiger partial charge in [-0.25, -0.2) is 14.2 Å². The molecule has 0 unspecified atom stereocenters. The second kappa shape index (κ2) is 7.38. The molecule has 0 bridgehead atoms. The summed E-state index contributed by atoms with van der Waals surface area (Å²) in [6, 6.07) is 5.96. The van der Waals surface area contributed by atoms with Crippen LogP contribution in [0.5, 0.6) is 0 Å². The maximum atomic E-state index is 13.8. The highest BCUT2D eigenvalue weighted by molar-refractivity contribution is 6.03.